The molecule has 1 amide bonds. The summed E-state index contributed by atoms with van der Waals surface area (Å²) in [7, 11) is 0. The topological polar surface area (TPSA) is 63.1 Å². The molecule has 1 aromatic carbocycles. The molecule has 6 nitrogen and oxygen atoms in total. The van der Waals surface area contributed by atoms with Crippen molar-refractivity contribution in [3.63, 3.8) is 0 Å². The first-order valence-electron chi connectivity index (χ1n) is 8.05. The molecule has 3 rings (SSSR count). The fourth-order valence-electron chi connectivity index (χ4n) is 3.25. The average Bonchev–Trinajstić information content (AvgIpc) is 3.00. The Hall–Kier alpha value is -2.21. The molecule has 1 fully saturated rings. The van der Waals surface area contributed by atoms with E-state index in [1.807, 2.05) is 30.7 Å². The normalized spacial score (nSPS) is 18.8. The summed E-state index contributed by atoms with van der Waals surface area (Å²) >= 11 is 0. The van der Waals surface area contributed by atoms with Crippen molar-refractivity contribution in [3.05, 3.63) is 42.0 Å². The lowest BCUT2D eigenvalue weighted by Gasteiger charge is -2.32. The van der Waals surface area contributed by atoms with Gasteiger partial charge in [0.2, 0.25) is 5.91 Å². The molecule has 122 valence electrons. The van der Waals surface area contributed by atoms with Crippen LogP contribution < -0.4 is 5.32 Å². The highest BCUT2D eigenvalue weighted by atomic mass is 16.2. The van der Waals surface area contributed by atoms with Gasteiger partial charge in [0.1, 0.15) is 12.7 Å². The van der Waals surface area contributed by atoms with Gasteiger partial charge in [-0.25, -0.2) is 9.67 Å². The first-order valence-corrected chi connectivity index (χ1v) is 8.05. The SMILES string of the molecule is Cc1cc(C)cc(NC(=O)CN2CCC[C@@H](n3cncn3)C2)c1. The van der Waals surface area contributed by atoms with Crippen molar-refractivity contribution >= 4 is 11.6 Å². The van der Waals surface area contributed by atoms with E-state index in [9.17, 15) is 4.79 Å². The molecule has 23 heavy (non-hydrogen) atoms. The van der Waals surface area contributed by atoms with E-state index in [1.165, 1.54) is 0 Å². The summed E-state index contributed by atoms with van der Waals surface area (Å²) in [6.07, 6.45) is 5.47. The number of rotatable bonds is 4. The highest BCUT2D eigenvalue weighted by molar-refractivity contribution is 5.92. The van der Waals surface area contributed by atoms with Gasteiger partial charge in [-0.3, -0.25) is 9.69 Å². The van der Waals surface area contributed by atoms with Gasteiger partial charge in [-0.15, -0.1) is 0 Å². The Bertz CT molecular complexity index is 647. The third-order valence-corrected chi connectivity index (χ3v) is 4.16. The number of carbonyl (C=O) groups excluding carboxylic acids is 1. The molecule has 2 heterocycles. The van der Waals surface area contributed by atoms with Gasteiger partial charge in [-0.2, -0.15) is 5.10 Å². The molecule has 1 aromatic heterocycles. The monoisotopic (exact) mass is 313 g/mol. The van der Waals surface area contributed by atoms with E-state index in [4.69, 9.17) is 0 Å². The summed E-state index contributed by atoms with van der Waals surface area (Å²) in [6, 6.07) is 6.40. The number of piperidine rings is 1. The van der Waals surface area contributed by atoms with Crippen LogP contribution in [0.2, 0.25) is 0 Å². The van der Waals surface area contributed by atoms with Crippen LogP contribution in [0, 0.1) is 13.8 Å². The number of hydrogen-bond acceptors (Lipinski definition) is 4. The summed E-state index contributed by atoms with van der Waals surface area (Å²) in [4.78, 5) is 18.5. The number of amides is 1. The third-order valence-electron chi connectivity index (χ3n) is 4.16. The molecule has 0 radical (unpaired) electrons. The minimum Gasteiger partial charge on any atom is -0.325 e. The first-order chi connectivity index (χ1) is 11.1. The molecule has 1 N–H and O–H groups in total. The minimum absolute atomic E-state index is 0.0363. The lowest BCUT2D eigenvalue weighted by molar-refractivity contribution is -0.117. The number of benzene rings is 1. The highest BCUT2D eigenvalue weighted by Crippen LogP contribution is 2.20. The lowest BCUT2D eigenvalue weighted by atomic mass is 10.1. The summed E-state index contributed by atoms with van der Waals surface area (Å²) in [6.45, 7) is 6.28. The largest absolute Gasteiger partial charge is 0.325 e. The Morgan fingerprint density at radius 2 is 2.09 bits per heavy atom. The standard InChI is InChI=1S/C17H23N5O/c1-13-6-14(2)8-15(7-13)20-17(23)10-21-5-3-4-16(9-21)22-12-18-11-19-22/h6-8,11-12,16H,3-5,9-10H2,1-2H3,(H,20,23)/t16-/m1/s1. The molecule has 6 heteroatoms. The van der Waals surface area contributed by atoms with Crippen LogP contribution in [0.4, 0.5) is 5.69 Å². The van der Waals surface area contributed by atoms with Crippen LogP contribution in [0.15, 0.2) is 30.9 Å². The van der Waals surface area contributed by atoms with Crippen molar-refractivity contribution in [1.82, 2.24) is 19.7 Å². The molecule has 0 aliphatic carbocycles. The Morgan fingerprint density at radius 1 is 1.30 bits per heavy atom. The fourth-order valence-corrected chi connectivity index (χ4v) is 3.25. The van der Waals surface area contributed by atoms with Crippen molar-refractivity contribution in [2.45, 2.75) is 32.7 Å². The van der Waals surface area contributed by atoms with Gasteiger partial charge in [0, 0.05) is 12.2 Å². The second-order valence-corrected chi connectivity index (χ2v) is 6.33. The van der Waals surface area contributed by atoms with Crippen LogP contribution in [-0.4, -0.2) is 45.2 Å². The number of anilines is 1. The van der Waals surface area contributed by atoms with Crippen molar-refractivity contribution in [2.75, 3.05) is 25.0 Å². The van der Waals surface area contributed by atoms with E-state index in [-0.39, 0.29) is 5.91 Å². The van der Waals surface area contributed by atoms with Gasteiger partial charge < -0.3 is 5.32 Å². The third kappa shape index (κ3) is 4.16. The van der Waals surface area contributed by atoms with Gasteiger partial charge in [0.25, 0.3) is 0 Å². The Kier molecular flexibility index (Phi) is 4.71. The summed E-state index contributed by atoms with van der Waals surface area (Å²) in [5.74, 6) is 0.0363. The number of aromatic nitrogens is 3. The van der Waals surface area contributed by atoms with Crippen LogP contribution in [0.1, 0.15) is 30.0 Å². The van der Waals surface area contributed by atoms with Crippen LogP contribution in [0.25, 0.3) is 0 Å². The van der Waals surface area contributed by atoms with E-state index in [2.05, 4.69) is 26.4 Å². The molecule has 1 saturated heterocycles. The van der Waals surface area contributed by atoms with E-state index >= 15 is 0 Å². The highest BCUT2D eigenvalue weighted by Gasteiger charge is 2.23. The van der Waals surface area contributed by atoms with Crippen molar-refractivity contribution < 1.29 is 4.79 Å². The molecule has 1 atom stereocenters. The summed E-state index contributed by atoms with van der Waals surface area (Å²) in [5, 5.41) is 7.22. The predicted molar refractivity (Wildman–Crippen MR) is 89.3 cm³/mol. The van der Waals surface area contributed by atoms with Crippen LogP contribution in [0.3, 0.4) is 0 Å². The van der Waals surface area contributed by atoms with Gasteiger partial charge in [0.05, 0.1) is 12.6 Å². The zero-order chi connectivity index (χ0) is 16.2. The lowest BCUT2D eigenvalue weighted by Crippen LogP contribution is -2.41. The molecule has 0 spiro atoms. The van der Waals surface area contributed by atoms with Crippen molar-refractivity contribution in [3.8, 4) is 0 Å². The number of carbonyl (C=O) groups is 1. The van der Waals surface area contributed by atoms with Gasteiger partial charge in [-0.05, 0) is 56.5 Å². The predicted octanol–water partition coefficient (Wildman–Crippen LogP) is 2.17. The number of aryl methyl sites for hydroxylation is 2. The second-order valence-electron chi connectivity index (χ2n) is 6.33. The zero-order valence-electron chi connectivity index (χ0n) is 13.7. The van der Waals surface area contributed by atoms with Crippen LogP contribution in [0.5, 0.6) is 0 Å². The molecule has 0 bridgehead atoms. The smallest absolute Gasteiger partial charge is 0.238 e. The molecular formula is C17H23N5O. The van der Waals surface area contributed by atoms with E-state index in [1.54, 1.807) is 12.7 Å². The molecule has 2 aromatic rings. The average molecular weight is 313 g/mol. The molecule has 0 unspecified atom stereocenters. The summed E-state index contributed by atoms with van der Waals surface area (Å²) < 4.78 is 1.90. The maximum atomic E-state index is 12.3. The van der Waals surface area contributed by atoms with Crippen LogP contribution >= 0.6 is 0 Å². The van der Waals surface area contributed by atoms with E-state index < -0.39 is 0 Å². The first kappa shape index (κ1) is 15.7. The van der Waals surface area contributed by atoms with Gasteiger partial charge in [-0.1, -0.05) is 6.07 Å². The number of likely N-dealkylation sites (tertiary alicyclic amines) is 1. The van der Waals surface area contributed by atoms with Crippen molar-refractivity contribution in [2.24, 2.45) is 0 Å². The maximum absolute atomic E-state index is 12.3. The van der Waals surface area contributed by atoms with Gasteiger partial charge >= 0.3 is 0 Å². The van der Waals surface area contributed by atoms with E-state index in [0.29, 0.717) is 12.6 Å². The molecule has 0 saturated carbocycles. The van der Waals surface area contributed by atoms with Gasteiger partial charge in [0.15, 0.2) is 0 Å². The second kappa shape index (κ2) is 6.91. The number of hydrogen-bond donors (Lipinski definition) is 1. The Morgan fingerprint density at radius 3 is 2.78 bits per heavy atom. The zero-order valence-corrected chi connectivity index (χ0v) is 13.7. The minimum atomic E-state index is 0.0363. The quantitative estimate of drug-likeness (QED) is 0.939. The number of nitrogens with one attached hydrogen (secondary N) is 1. The fraction of sp³-hybridized carbons (Fsp3) is 0.471. The van der Waals surface area contributed by atoms with Crippen molar-refractivity contribution in [1.29, 1.82) is 0 Å². The van der Waals surface area contributed by atoms with Crippen LogP contribution in [-0.2, 0) is 4.79 Å². The van der Waals surface area contributed by atoms with E-state index in [0.717, 1.165) is 42.7 Å². The Labute approximate surface area is 136 Å². The molecular weight excluding hydrogens is 290 g/mol. The molecule has 1 aliphatic heterocycles. The maximum Gasteiger partial charge on any atom is 0.238 e. The molecule has 1 aliphatic rings. The Balaban J connectivity index is 1.57. The summed E-state index contributed by atoms with van der Waals surface area (Å²) in [5.41, 5.74) is 3.19. The number of nitrogens with zero attached hydrogens (tertiary/aromatic N) is 4.